The van der Waals surface area contributed by atoms with Crippen molar-refractivity contribution in [3.05, 3.63) is 170 Å². The second-order valence-corrected chi connectivity index (χ2v) is 14.3. The molecule has 0 saturated carbocycles. The van der Waals surface area contributed by atoms with Crippen LogP contribution in [0.2, 0.25) is 0 Å². The van der Waals surface area contributed by atoms with Crippen molar-refractivity contribution in [1.82, 2.24) is 19.5 Å². The second-order valence-electron chi connectivity index (χ2n) is 13.2. The van der Waals surface area contributed by atoms with Crippen LogP contribution in [0.3, 0.4) is 0 Å². The summed E-state index contributed by atoms with van der Waals surface area (Å²) < 4.78 is 4.78. The highest BCUT2D eigenvalue weighted by atomic mass is 32.1. The molecule has 0 amide bonds. The first-order valence-corrected chi connectivity index (χ1v) is 18.3. The van der Waals surface area contributed by atoms with E-state index in [2.05, 4.69) is 162 Å². The third-order valence-corrected chi connectivity index (χ3v) is 11.4. The molecule has 4 aromatic heterocycles. The lowest BCUT2D eigenvalue weighted by atomic mass is 9.94. The molecule has 0 radical (unpaired) electrons. The van der Waals surface area contributed by atoms with Crippen LogP contribution >= 0.6 is 11.3 Å². The summed E-state index contributed by atoms with van der Waals surface area (Å²) in [4.78, 5) is 15.6. The maximum absolute atomic E-state index is 5.54. The Kier molecular flexibility index (Phi) is 6.39. The predicted octanol–water partition coefficient (Wildman–Crippen LogP) is 12.6. The molecular weight excluding hydrogens is 653 g/mol. The van der Waals surface area contributed by atoms with Crippen molar-refractivity contribution in [2.24, 2.45) is 0 Å². The predicted molar refractivity (Wildman–Crippen MR) is 218 cm³/mol. The fraction of sp³-hybridized carbons (Fsp3) is 0. The van der Waals surface area contributed by atoms with Crippen molar-refractivity contribution in [1.29, 1.82) is 0 Å². The van der Waals surface area contributed by atoms with E-state index >= 15 is 0 Å². The number of hydrogen-bond acceptors (Lipinski definition) is 4. The molecule has 0 unspecified atom stereocenters. The van der Waals surface area contributed by atoms with Crippen molar-refractivity contribution < 1.29 is 0 Å². The molecule has 0 aliphatic heterocycles. The van der Waals surface area contributed by atoms with E-state index in [9.17, 15) is 0 Å². The van der Waals surface area contributed by atoms with Crippen LogP contribution in [-0.4, -0.2) is 19.5 Å². The number of pyridine rings is 1. The summed E-state index contributed by atoms with van der Waals surface area (Å²) in [6, 6.07) is 58.2. The van der Waals surface area contributed by atoms with Crippen LogP contribution in [0.1, 0.15) is 0 Å². The monoisotopic (exact) mass is 680 g/mol. The number of thiophene rings is 1. The summed E-state index contributed by atoms with van der Waals surface area (Å²) in [6.45, 7) is 0. The topological polar surface area (TPSA) is 43.6 Å². The summed E-state index contributed by atoms with van der Waals surface area (Å²) in [6.07, 6.45) is 1.82. The first-order valence-electron chi connectivity index (χ1n) is 17.4. The Morgan fingerprint density at radius 1 is 0.442 bits per heavy atom. The molecule has 0 bridgehead atoms. The van der Waals surface area contributed by atoms with Crippen LogP contribution in [0.25, 0.3) is 103 Å². The highest BCUT2D eigenvalue weighted by Crippen LogP contribution is 2.47. The molecule has 0 fully saturated rings. The summed E-state index contributed by atoms with van der Waals surface area (Å²) in [5.74, 6) is 0.604. The molecule has 0 spiro atoms. The molecule has 5 heteroatoms. The normalized spacial score (nSPS) is 11.8. The molecule has 0 N–H and O–H groups in total. The van der Waals surface area contributed by atoms with Crippen LogP contribution in [-0.2, 0) is 0 Å². The first-order chi connectivity index (χ1) is 25.8. The van der Waals surface area contributed by atoms with Gasteiger partial charge in [-0.3, -0.25) is 4.57 Å². The minimum absolute atomic E-state index is 0.604. The van der Waals surface area contributed by atoms with E-state index in [4.69, 9.17) is 15.0 Å². The molecule has 4 heterocycles. The molecule has 7 aromatic carbocycles. The van der Waals surface area contributed by atoms with Crippen molar-refractivity contribution in [2.45, 2.75) is 0 Å². The zero-order chi connectivity index (χ0) is 34.2. The van der Waals surface area contributed by atoms with Gasteiger partial charge in [-0.15, -0.1) is 11.3 Å². The minimum atomic E-state index is 0.604. The lowest BCUT2D eigenvalue weighted by Crippen LogP contribution is -2.04. The molecule has 0 saturated heterocycles. The van der Waals surface area contributed by atoms with Crippen LogP contribution in [0, 0.1) is 0 Å². The van der Waals surface area contributed by atoms with Gasteiger partial charge in [0, 0.05) is 43.4 Å². The molecule has 0 aliphatic carbocycles. The van der Waals surface area contributed by atoms with E-state index in [0.29, 0.717) is 11.6 Å². The maximum Gasteiger partial charge on any atom is 0.237 e. The Bertz CT molecular complexity index is 3120. The van der Waals surface area contributed by atoms with E-state index in [1.54, 1.807) is 0 Å². The van der Waals surface area contributed by atoms with E-state index in [1.165, 1.54) is 41.7 Å². The van der Waals surface area contributed by atoms with Gasteiger partial charge in [0.15, 0.2) is 5.65 Å². The van der Waals surface area contributed by atoms with Crippen LogP contribution in [0.15, 0.2) is 170 Å². The number of aromatic nitrogens is 4. The van der Waals surface area contributed by atoms with Gasteiger partial charge in [-0.25, -0.2) is 9.97 Å². The standard InChI is InChI=1S/C47H28N4S/c1-3-14-29(15-4-1)31-26-32(30-16-5-2-6-17-30)28-33(27-31)43-38-22-13-25-48-46(38)50-47(49-43)51-39-23-11-9-20-36(39)41-34-18-7-8-19-35(34)42-37-21-10-12-24-40(37)52-45(42)44(41)51/h1-28H. The maximum atomic E-state index is 5.54. The van der Waals surface area contributed by atoms with Crippen molar-refractivity contribution >= 4 is 75.1 Å². The molecular formula is C47H28N4S. The average molecular weight is 681 g/mol. The minimum Gasteiger partial charge on any atom is -0.276 e. The zero-order valence-electron chi connectivity index (χ0n) is 27.9. The summed E-state index contributed by atoms with van der Waals surface area (Å²) >= 11 is 1.84. The number of benzene rings is 7. The Balaban J connectivity index is 1.28. The van der Waals surface area contributed by atoms with Crippen molar-refractivity contribution in [2.75, 3.05) is 0 Å². The molecule has 0 atom stereocenters. The van der Waals surface area contributed by atoms with Gasteiger partial charge in [-0.2, -0.15) is 4.98 Å². The zero-order valence-corrected chi connectivity index (χ0v) is 28.7. The number of rotatable bonds is 4. The number of para-hydroxylation sites is 1. The molecule has 0 aliphatic rings. The smallest absolute Gasteiger partial charge is 0.237 e. The van der Waals surface area contributed by atoms with Gasteiger partial charge >= 0.3 is 0 Å². The van der Waals surface area contributed by atoms with Gasteiger partial charge in [-0.1, -0.05) is 121 Å². The summed E-state index contributed by atoms with van der Waals surface area (Å²) in [5, 5.41) is 8.34. The molecule has 11 aromatic rings. The number of nitrogens with zero attached hydrogens (tertiary/aromatic N) is 4. The molecule has 242 valence electrons. The third-order valence-electron chi connectivity index (χ3n) is 10.2. The number of fused-ring (bicyclic) bond motifs is 11. The molecule has 4 nitrogen and oxygen atoms in total. The number of hydrogen-bond donors (Lipinski definition) is 0. The van der Waals surface area contributed by atoms with Gasteiger partial charge in [0.2, 0.25) is 5.95 Å². The highest BCUT2D eigenvalue weighted by molar-refractivity contribution is 7.27. The fourth-order valence-corrected chi connectivity index (χ4v) is 9.22. The van der Waals surface area contributed by atoms with Gasteiger partial charge in [-0.05, 0) is 75.5 Å². The summed E-state index contributed by atoms with van der Waals surface area (Å²) in [7, 11) is 0. The first kappa shape index (κ1) is 29.1. The Labute approximate surface area is 302 Å². The van der Waals surface area contributed by atoms with Gasteiger partial charge < -0.3 is 0 Å². The summed E-state index contributed by atoms with van der Waals surface area (Å²) in [5.41, 5.74) is 9.28. The van der Waals surface area contributed by atoms with Gasteiger partial charge in [0.05, 0.1) is 21.4 Å². The van der Waals surface area contributed by atoms with E-state index in [0.717, 1.165) is 49.9 Å². The van der Waals surface area contributed by atoms with E-state index < -0.39 is 0 Å². The highest BCUT2D eigenvalue weighted by Gasteiger charge is 2.24. The largest absolute Gasteiger partial charge is 0.276 e. The van der Waals surface area contributed by atoms with E-state index in [-0.39, 0.29) is 0 Å². The van der Waals surface area contributed by atoms with Crippen molar-refractivity contribution in [3.63, 3.8) is 0 Å². The quantitative estimate of drug-likeness (QED) is 0.186. The molecule has 52 heavy (non-hydrogen) atoms. The van der Waals surface area contributed by atoms with Gasteiger partial charge in [0.25, 0.3) is 0 Å². The van der Waals surface area contributed by atoms with Crippen LogP contribution in [0.5, 0.6) is 0 Å². The fourth-order valence-electron chi connectivity index (χ4n) is 7.96. The SMILES string of the molecule is c1ccc(-c2cc(-c3ccccc3)cc(-c3nc(-n4c5ccccc5c5c6ccccc6c6c7ccccc7sc6c54)nc4ncccc34)c2)cc1. The molecule has 11 rings (SSSR count). The van der Waals surface area contributed by atoms with Gasteiger partial charge in [0.1, 0.15) is 0 Å². The average Bonchev–Trinajstić information content (AvgIpc) is 3.78. The lowest BCUT2D eigenvalue weighted by molar-refractivity contribution is 1.01. The Hall–Kier alpha value is -6.69. The third kappa shape index (κ3) is 4.36. The van der Waals surface area contributed by atoms with Crippen LogP contribution < -0.4 is 0 Å². The Morgan fingerprint density at radius 2 is 1.02 bits per heavy atom. The van der Waals surface area contributed by atoms with Crippen LogP contribution in [0.4, 0.5) is 0 Å². The van der Waals surface area contributed by atoms with E-state index in [1.807, 2.05) is 23.6 Å². The second kappa shape index (κ2) is 11.4. The Morgan fingerprint density at radius 3 is 1.75 bits per heavy atom. The van der Waals surface area contributed by atoms with Crippen molar-refractivity contribution in [3.8, 4) is 39.5 Å². The lowest BCUT2D eigenvalue weighted by Gasteiger charge is -2.14.